The summed E-state index contributed by atoms with van der Waals surface area (Å²) >= 11 is 0. The van der Waals surface area contributed by atoms with Crippen molar-refractivity contribution >= 4 is 11.7 Å². The Morgan fingerprint density at radius 1 is 1.30 bits per heavy atom. The van der Waals surface area contributed by atoms with Crippen LogP contribution in [0.3, 0.4) is 0 Å². The lowest BCUT2D eigenvalue weighted by atomic mass is 10.0. The molecule has 23 heavy (non-hydrogen) atoms. The average molecular weight is 317 g/mol. The molecule has 0 spiro atoms. The van der Waals surface area contributed by atoms with Crippen LogP contribution in [0.15, 0.2) is 18.2 Å². The van der Waals surface area contributed by atoms with Crippen LogP contribution in [0.4, 0.5) is 10.5 Å². The van der Waals surface area contributed by atoms with Crippen LogP contribution in [0.25, 0.3) is 0 Å². The van der Waals surface area contributed by atoms with E-state index in [1.165, 1.54) is 31.5 Å². The van der Waals surface area contributed by atoms with Gasteiger partial charge in [-0.1, -0.05) is 24.6 Å². The Bertz CT molecular complexity index is 515. The molecule has 1 atom stereocenters. The number of urea groups is 1. The third kappa shape index (κ3) is 6.22. The van der Waals surface area contributed by atoms with E-state index in [0.717, 1.165) is 43.1 Å². The molecule has 0 unspecified atom stereocenters. The van der Waals surface area contributed by atoms with Crippen molar-refractivity contribution in [2.24, 2.45) is 5.92 Å². The van der Waals surface area contributed by atoms with Gasteiger partial charge >= 0.3 is 6.03 Å². The normalized spacial score (nSPS) is 18.7. The standard InChI is InChI=1S/C19H31N3O/c1-15-8-9-18(17(3)13-15)21-19(23)20-10-4-5-11-22-12-6-7-16(2)14-22/h8-9,13,16H,4-7,10-12,14H2,1-3H3,(H2,20,21,23)/t16-/m0/s1. The maximum Gasteiger partial charge on any atom is 0.319 e. The molecule has 1 heterocycles. The zero-order valence-electron chi connectivity index (χ0n) is 14.8. The Morgan fingerprint density at radius 2 is 2.13 bits per heavy atom. The van der Waals surface area contributed by atoms with Gasteiger partial charge in [-0.25, -0.2) is 4.79 Å². The molecular formula is C19H31N3O. The quantitative estimate of drug-likeness (QED) is 0.781. The number of nitrogens with one attached hydrogen (secondary N) is 2. The van der Waals surface area contributed by atoms with Crippen LogP contribution in [0.1, 0.15) is 43.7 Å². The second-order valence-corrected chi connectivity index (χ2v) is 6.95. The van der Waals surface area contributed by atoms with Crippen LogP contribution >= 0.6 is 0 Å². The minimum Gasteiger partial charge on any atom is -0.338 e. The van der Waals surface area contributed by atoms with Crippen molar-refractivity contribution in [1.82, 2.24) is 10.2 Å². The fourth-order valence-electron chi connectivity index (χ4n) is 3.27. The smallest absolute Gasteiger partial charge is 0.319 e. The predicted octanol–water partition coefficient (Wildman–Crippen LogP) is 3.94. The van der Waals surface area contributed by atoms with Gasteiger partial charge in [0.15, 0.2) is 0 Å². The number of anilines is 1. The lowest BCUT2D eigenvalue weighted by molar-refractivity contribution is 0.181. The highest BCUT2D eigenvalue weighted by Crippen LogP contribution is 2.16. The molecule has 4 nitrogen and oxygen atoms in total. The molecule has 1 aliphatic heterocycles. The number of rotatable bonds is 6. The second kappa shape index (κ2) is 8.92. The van der Waals surface area contributed by atoms with E-state index in [0.29, 0.717) is 0 Å². The molecular weight excluding hydrogens is 286 g/mol. The van der Waals surface area contributed by atoms with Crippen molar-refractivity contribution in [3.63, 3.8) is 0 Å². The molecule has 4 heteroatoms. The van der Waals surface area contributed by atoms with E-state index in [9.17, 15) is 4.79 Å². The molecule has 0 aromatic heterocycles. The molecule has 2 N–H and O–H groups in total. The molecule has 0 aliphatic carbocycles. The van der Waals surface area contributed by atoms with Crippen LogP contribution in [0, 0.1) is 19.8 Å². The van der Waals surface area contributed by atoms with Gasteiger partial charge in [-0.2, -0.15) is 0 Å². The number of likely N-dealkylation sites (tertiary alicyclic amines) is 1. The number of unbranched alkanes of at least 4 members (excludes halogenated alkanes) is 1. The van der Waals surface area contributed by atoms with E-state index in [2.05, 4.69) is 35.4 Å². The Kier molecular flexibility index (Phi) is 6.90. The van der Waals surface area contributed by atoms with Gasteiger partial charge in [0.1, 0.15) is 0 Å². The number of hydrogen-bond donors (Lipinski definition) is 2. The summed E-state index contributed by atoms with van der Waals surface area (Å²) in [5, 5.41) is 5.87. The number of aryl methyl sites for hydroxylation is 2. The third-order valence-electron chi connectivity index (χ3n) is 4.56. The molecule has 1 aliphatic rings. The third-order valence-corrected chi connectivity index (χ3v) is 4.56. The van der Waals surface area contributed by atoms with Gasteiger partial charge in [0.2, 0.25) is 0 Å². The molecule has 1 aromatic rings. The Labute approximate surface area is 140 Å². The first-order chi connectivity index (χ1) is 11.0. The number of carbonyl (C=O) groups excluding carboxylic acids is 1. The summed E-state index contributed by atoms with van der Waals surface area (Å²) in [7, 11) is 0. The van der Waals surface area contributed by atoms with E-state index < -0.39 is 0 Å². The first kappa shape index (κ1) is 17.8. The fourth-order valence-corrected chi connectivity index (χ4v) is 3.27. The first-order valence-electron chi connectivity index (χ1n) is 8.89. The molecule has 2 amide bonds. The molecule has 1 aromatic carbocycles. The summed E-state index contributed by atoms with van der Waals surface area (Å²) < 4.78 is 0. The highest BCUT2D eigenvalue weighted by Gasteiger charge is 2.15. The average Bonchev–Trinajstić information content (AvgIpc) is 2.50. The summed E-state index contributed by atoms with van der Waals surface area (Å²) in [6.07, 6.45) is 4.89. The fraction of sp³-hybridized carbons (Fsp3) is 0.632. The highest BCUT2D eigenvalue weighted by atomic mass is 16.2. The lowest BCUT2D eigenvalue weighted by Crippen LogP contribution is -2.35. The van der Waals surface area contributed by atoms with Gasteiger partial charge in [0, 0.05) is 18.8 Å². The summed E-state index contributed by atoms with van der Waals surface area (Å²) in [5.41, 5.74) is 3.19. The molecule has 2 rings (SSSR count). The summed E-state index contributed by atoms with van der Waals surface area (Å²) in [6.45, 7) is 10.8. The van der Waals surface area contributed by atoms with E-state index in [4.69, 9.17) is 0 Å². The van der Waals surface area contributed by atoms with Crippen molar-refractivity contribution in [2.45, 2.75) is 46.5 Å². The Hall–Kier alpha value is -1.55. The minimum absolute atomic E-state index is 0.108. The van der Waals surface area contributed by atoms with Crippen molar-refractivity contribution in [1.29, 1.82) is 0 Å². The van der Waals surface area contributed by atoms with Crippen LogP contribution in [-0.2, 0) is 0 Å². The van der Waals surface area contributed by atoms with Crippen molar-refractivity contribution in [2.75, 3.05) is 31.5 Å². The van der Waals surface area contributed by atoms with Crippen LogP contribution in [0.2, 0.25) is 0 Å². The second-order valence-electron chi connectivity index (χ2n) is 6.95. The number of piperidine rings is 1. The molecule has 0 bridgehead atoms. The zero-order chi connectivity index (χ0) is 16.7. The van der Waals surface area contributed by atoms with Crippen molar-refractivity contribution in [3.8, 4) is 0 Å². The maximum absolute atomic E-state index is 11.9. The van der Waals surface area contributed by atoms with Gasteiger partial charge in [0.05, 0.1) is 0 Å². The molecule has 128 valence electrons. The predicted molar refractivity (Wildman–Crippen MR) is 97.0 cm³/mol. The van der Waals surface area contributed by atoms with Crippen molar-refractivity contribution in [3.05, 3.63) is 29.3 Å². The van der Waals surface area contributed by atoms with Crippen LogP contribution in [0.5, 0.6) is 0 Å². The molecule has 0 radical (unpaired) electrons. The van der Waals surface area contributed by atoms with Gasteiger partial charge in [-0.15, -0.1) is 0 Å². The first-order valence-corrected chi connectivity index (χ1v) is 8.89. The topological polar surface area (TPSA) is 44.4 Å². The number of benzene rings is 1. The summed E-state index contributed by atoms with van der Waals surface area (Å²) in [5.74, 6) is 0.838. The molecule has 1 fully saturated rings. The van der Waals surface area contributed by atoms with E-state index >= 15 is 0 Å². The number of hydrogen-bond acceptors (Lipinski definition) is 2. The molecule has 1 saturated heterocycles. The number of carbonyl (C=O) groups is 1. The van der Waals surface area contributed by atoms with E-state index in [1.807, 2.05) is 19.1 Å². The van der Waals surface area contributed by atoms with Crippen LogP contribution in [-0.4, -0.2) is 37.1 Å². The maximum atomic E-state index is 11.9. The summed E-state index contributed by atoms with van der Waals surface area (Å²) in [4.78, 5) is 14.5. The van der Waals surface area contributed by atoms with Crippen LogP contribution < -0.4 is 10.6 Å². The lowest BCUT2D eigenvalue weighted by Gasteiger charge is -2.30. The van der Waals surface area contributed by atoms with Gasteiger partial charge in [-0.3, -0.25) is 0 Å². The summed E-state index contributed by atoms with van der Waals surface area (Å²) in [6, 6.07) is 5.95. The van der Waals surface area contributed by atoms with Gasteiger partial charge in [-0.05, 0) is 70.2 Å². The highest BCUT2D eigenvalue weighted by molar-refractivity contribution is 5.90. The number of nitrogens with zero attached hydrogens (tertiary/aromatic N) is 1. The molecule has 0 saturated carbocycles. The number of amides is 2. The van der Waals surface area contributed by atoms with E-state index in [1.54, 1.807) is 0 Å². The minimum atomic E-state index is -0.108. The Morgan fingerprint density at radius 3 is 2.87 bits per heavy atom. The van der Waals surface area contributed by atoms with Gasteiger partial charge < -0.3 is 15.5 Å². The SMILES string of the molecule is Cc1ccc(NC(=O)NCCCCN2CCC[C@H](C)C2)c(C)c1. The van der Waals surface area contributed by atoms with E-state index in [-0.39, 0.29) is 6.03 Å². The Balaban J connectivity index is 1.59. The van der Waals surface area contributed by atoms with Gasteiger partial charge in [0.25, 0.3) is 0 Å². The van der Waals surface area contributed by atoms with Crippen molar-refractivity contribution < 1.29 is 4.79 Å². The monoisotopic (exact) mass is 317 g/mol. The zero-order valence-corrected chi connectivity index (χ0v) is 14.8. The largest absolute Gasteiger partial charge is 0.338 e.